The van der Waals surface area contributed by atoms with Gasteiger partial charge in [-0.2, -0.15) is 11.8 Å². The molecule has 1 N–H and O–H groups in total. The molecule has 1 saturated heterocycles. The average Bonchev–Trinajstić information content (AvgIpc) is 2.65. The molecule has 1 heterocycles. The van der Waals surface area contributed by atoms with Crippen LogP contribution in [0.15, 0.2) is 18.2 Å². The highest BCUT2D eigenvalue weighted by molar-refractivity contribution is 7.99. The topological polar surface area (TPSA) is 35.6 Å². The summed E-state index contributed by atoms with van der Waals surface area (Å²) in [5.74, 6) is 2.61. The monoisotopic (exact) mass is 391 g/mol. The maximum absolute atomic E-state index is 12.3. The minimum Gasteiger partial charge on any atom is -0.326 e. The van der Waals surface area contributed by atoms with Crippen molar-refractivity contribution in [3.8, 4) is 0 Å². The predicted molar refractivity (Wildman–Crippen MR) is 119 cm³/mol. The van der Waals surface area contributed by atoms with Gasteiger partial charge in [-0.3, -0.25) is 9.69 Å². The Morgan fingerprint density at radius 3 is 2.48 bits per heavy atom. The summed E-state index contributed by atoms with van der Waals surface area (Å²) in [5.41, 5.74) is 3.45. The molecule has 0 bridgehead atoms. The summed E-state index contributed by atoms with van der Waals surface area (Å²) in [7, 11) is 0. The molecule has 1 amide bonds. The number of hydrogen-bond acceptors (Lipinski definition) is 4. The first-order chi connectivity index (χ1) is 13.1. The van der Waals surface area contributed by atoms with E-state index in [-0.39, 0.29) is 5.91 Å². The maximum atomic E-state index is 12.3. The van der Waals surface area contributed by atoms with E-state index in [0.717, 1.165) is 43.9 Å². The van der Waals surface area contributed by atoms with E-state index in [9.17, 15) is 4.79 Å². The van der Waals surface area contributed by atoms with E-state index in [1.165, 1.54) is 43.0 Å². The summed E-state index contributed by atoms with van der Waals surface area (Å²) >= 11 is 2.04. The minimum absolute atomic E-state index is 0.131. The molecule has 1 aromatic rings. The predicted octanol–water partition coefficient (Wildman–Crippen LogP) is 4.38. The van der Waals surface area contributed by atoms with E-state index in [1.807, 2.05) is 11.8 Å². The third kappa shape index (κ3) is 8.24. The van der Waals surface area contributed by atoms with Crippen LogP contribution in [0.25, 0.3) is 0 Å². The quantitative estimate of drug-likeness (QED) is 0.607. The summed E-state index contributed by atoms with van der Waals surface area (Å²) in [6.45, 7) is 13.2. The average molecular weight is 392 g/mol. The molecule has 0 radical (unpaired) electrons. The van der Waals surface area contributed by atoms with Crippen LogP contribution in [-0.2, 0) is 11.3 Å². The van der Waals surface area contributed by atoms with Crippen molar-refractivity contribution >= 4 is 23.4 Å². The molecule has 2 rings (SSSR count). The Labute approximate surface area is 170 Å². The molecular weight excluding hydrogens is 354 g/mol. The van der Waals surface area contributed by atoms with Crippen LogP contribution in [-0.4, -0.2) is 59.9 Å². The number of nitrogens with zero attached hydrogens (tertiary/aromatic N) is 2. The number of carbonyl (C=O) groups excluding carboxylic acids is 1. The van der Waals surface area contributed by atoms with Crippen LogP contribution in [0.3, 0.4) is 0 Å². The molecule has 1 aliphatic heterocycles. The Kier molecular flexibility index (Phi) is 10.2. The molecular formula is C22H37N3OS. The zero-order chi connectivity index (χ0) is 19.5. The SMILES string of the molecule is CCCN(CCC)CCCC(=O)Nc1ccc(CN2CCSCC2)cc1C. The fourth-order valence-corrected chi connectivity index (χ4v) is 4.60. The number of nitrogens with one attached hydrogen (secondary N) is 1. The van der Waals surface area contributed by atoms with E-state index in [1.54, 1.807) is 0 Å². The molecule has 0 atom stereocenters. The van der Waals surface area contributed by atoms with Gasteiger partial charge in [-0.1, -0.05) is 26.0 Å². The highest BCUT2D eigenvalue weighted by Gasteiger charge is 2.12. The van der Waals surface area contributed by atoms with Crippen molar-refractivity contribution in [1.29, 1.82) is 0 Å². The molecule has 0 spiro atoms. The summed E-state index contributed by atoms with van der Waals surface area (Å²) < 4.78 is 0. The molecule has 1 aliphatic rings. The largest absolute Gasteiger partial charge is 0.326 e. The van der Waals surface area contributed by atoms with Gasteiger partial charge < -0.3 is 10.2 Å². The lowest BCUT2D eigenvalue weighted by atomic mass is 10.1. The fraction of sp³-hybridized carbons (Fsp3) is 0.682. The van der Waals surface area contributed by atoms with Crippen LogP contribution < -0.4 is 5.32 Å². The standard InChI is InChI=1S/C22H37N3OS/c1-4-10-24(11-5-2)12-6-7-22(26)23-21-9-8-20(17-19(21)3)18-25-13-15-27-16-14-25/h8-9,17H,4-7,10-16,18H2,1-3H3,(H,23,26). The van der Waals surface area contributed by atoms with Gasteiger partial charge in [0.25, 0.3) is 0 Å². The zero-order valence-electron chi connectivity index (χ0n) is 17.4. The number of amides is 1. The van der Waals surface area contributed by atoms with E-state index in [0.29, 0.717) is 6.42 Å². The van der Waals surface area contributed by atoms with Crippen LogP contribution in [0, 0.1) is 6.92 Å². The van der Waals surface area contributed by atoms with Crippen molar-refractivity contribution < 1.29 is 4.79 Å². The Hall–Kier alpha value is -1.04. The number of anilines is 1. The zero-order valence-corrected chi connectivity index (χ0v) is 18.2. The highest BCUT2D eigenvalue weighted by Crippen LogP contribution is 2.19. The van der Waals surface area contributed by atoms with Crippen LogP contribution >= 0.6 is 11.8 Å². The van der Waals surface area contributed by atoms with Gasteiger partial charge in [0.1, 0.15) is 0 Å². The Balaban J connectivity index is 1.77. The van der Waals surface area contributed by atoms with Crippen molar-refractivity contribution in [2.45, 2.75) is 53.0 Å². The second-order valence-electron chi connectivity index (χ2n) is 7.53. The van der Waals surface area contributed by atoms with Gasteiger partial charge in [-0.15, -0.1) is 0 Å². The van der Waals surface area contributed by atoms with Crippen molar-refractivity contribution in [2.24, 2.45) is 0 Å². The van der Waals surface area contributed by atoms with Crippen LogP contribution in [0.1, 0.15) is 50.7 Å². The summed E-state index contributed by atoms with van der Waals surface area (Å²) in [6, 6.07) is 6.46. The Bertz CT molecular complexity index is 567. The number of benzene rings is 1. The number of aryl methyl sites for hydroxylation is 1. The molecule has 0 unspecified atom stereocenters. The lowest BCUT2D eigenvalue weighted by molar-refractivity contribution is -0.116. The van der Waals surface area contributed by atoms with Gasteiger partial charge in [0.2, 0.25) is 5.91 Å². The fourth-order valence-electron chi connectivity index (χ4n) is 3.63. The van der Waals surface area contributed by atoms with E-state index < -0.39 is 0 Å². The highest BCUT2D eigenvalue weighted by atomic mass is 32.2. The van der Waals surface area contributed by atoms with Crippen molar-refractivity contribution in [2.75, 3.05) is 49.5 Å². The molecule has 0 aliphatic carbocycles. The van der Waals surface area contributed by atoms with Gasteiger partial charge in [0, 0.05) is 43.2 Å². The second kappa shape index (κ2) is 12.4. The minimum atomic E-state index is 0.131. The smallest absolute Gasteiger partial charge is 0.224 e. The number of thioether (sulfide) groups is 1. The van der Waals surface area contributed by atoms with Crippen LogP contribution in [0.5, 0.6) is 0 Å². The van der Waals surface area contributed by atoms with E-state index in [2.05, 4.69) is 54.1 Å². The molecule has 5 heteroatoms. The third-order valence-corrected chi connectivity index (χ3v) is 5.98. The lowest BCUT2D eigenvalue weighted by Gasteiger charge is -2.26. The van der Waals surface area contributed by atoms with Crippen LogP contribution in [0.2, 0.25) is 0 Å². The molecule has 0 aromatic heterocycles. The van der Waals surface area contributed by atoms with Gasteiger partial charge in [-0.05, 0) is 63.0 Å². The van der Waals surface area contributed by atoms with Gasteiger partial charge in [0.05, 0.1) is 0 Å². The number of hydrogen-bond donors (Lipinski definition) is 1. The van der Waals surface area contributed by atoms with Crippen molar-refractivity contribution in [3.63, 3.8) is 0 Å². The second-order valence-corrected chi connectivity index (χ2v) is 8.76. The lowest BCUT2D eigenvalue weighted by Crippen LogP contribution is -2.31. The molecule has 1 fully saturated rings. The molecule has 4 nitrogen and oxygen atoms in total. The molecule has 1 aromatic carbocycles. The van der Waals surface area contributed by atoms with E-state index >= 15 is 0 Å². The maximum Gasteiger partial charge on any atom is 0.224 e. The third-order valence-electron chi connectivity index (χ3n) is 5.03. The van der Waals surface area contributed by atoms with Gasteiger partial charge in [0.15, 0.2) is 0 Å². The number of rotatable bonds is 11. The Morgan fingerprint density at radius 1 is 1.15 bits per heavy atom. The van der Waals surface area contributed by atoms with Crippen molar-refractivity contribution in [3.05, 3.63) is 29.3 Å². The molecule has 0 saturated carbocycles. The normalized spacial score (nSPS) is 15.3. The summed E-state index contributed by atoms with van der Waals surface area (Å²) in [5, 5.41) is 3.10. The van der Waals surface area contributed by atoms with E-state index in [4.69, 9.17) is 0 Å². The van der Waals surface area contributed by atoms with Crippen molar-refractivity contribution in [1.82, 2.24) is 9.80 Å². The number of carbonyl (C=O) groups is 1. The summed E-state index contributed by atoms with van der Waals surface area (Å²) in [4.78, 5) is 17.3. The van der Waals surface area contributed by atoms with Crippen LogP contribution in [0.4, 0.5) is 5.69 Å². The van der Waals surface area contributed by atoms with Gasteiger partial charge in [-0.25, -0.2) is 0 Å². The Morgan fingerprint density at radius 2 is 1.85 bits per heavy atom. The van der Waals surface area contributed by atoms with Gasteiger partial charge >= 0.3 is 0 Å². The first-order valence-electron chi connectivity index (χ1n) is 10.5. The molecule has 152 valence electrons. The molecule has 27 heavy (non-hydrogen) atoms. The first kappa shape index (κ1) is 22.3. The summed E-state index contributed by atoms with van der Waals surface area (Å²) in [6.07, 6.45) is 3.87. The first-order valence-corrected chi connectivity index (χ1v) is 11.7.